The number of primary amides is 1. The van der Waals surface area contributed by atoms with Crippen LogP contribution in [0.15, 0.2) is 6.20 Å². The normalized spacial score (nSPS) is 9.73. The van der Waals surface area contributed by atoms with Crippen molar-refractivity contribution >= 4 is 17.7 Å². The molecule has 82 valence electrons. The molecule has 0 fully saturated rings. The van der Waals surface area contributed by atoms with Crippen LogP contribution in [-0.4, -0.2) is 22.4 Å². The number of halogens is 1. The summed E-state index contributed by atoms with van der Waals surface area (Å²) < 4.78 is 13.1. The number of hydrazine groups is 1. The van der Waals surface area contributed by atoms with Gasteiger partial charge in [-0.15, -0.1) is 0 Å². The number of nitrogen functional groups attached to an aromatic ring is 1. The maximum atomic E-state index is 13.1. The fourth-order valence-corrected chi connectivity index (χ4v) is 0.865. The highest BCUT2D eigenvalue weighted by Gasteiger charge is 2.05. The second-order valence-electron chi connectivity index (χ2n) is 2.68. The van der Waals surface area contributed by atoms with Gasteiger partial charge in [0.05, 0.1) is 6.20 Å². The molecular formula is C7H11FN6O. The largest absolute Gasteiger partial charge is 0.370 e. The molecule has 0 radical (unpaired) electrons. The van der Waals surface area contributed by atoms with Crippen LogP contribution in [0.1, 0.15) is 6.42 Å². The summed E-state index contributed by atoms with van der Waals surface area (Å²) in [7, 11) is 0. The monoisotopic (exact) mass is 214 g/mol. The maximum Gasteiger partial charge on any atom is 0.239 e. The molecular weight excluding hydrogens is 203 g/mol. The molecule has 0 aliphatic rings. The molecule has 0 spiro atoms. The quantitative estimate of drug-likeness (QED) is 0.376. The van der Waals surface area contributed by atoms with E-state index in [2.05, 4.69) is 20.7 Å². The Bertz CT molecular complexity index is 357. The summed E-state index contributed by atoms with van der Waals surface area (Å²) in [6.45, 7) is 0.202. The van der Waals surface area contributed by atoms with Gasteiger partial charge in [-0.25, -0.2) is 15.2 Å². The van der Waals surface area contributed by atoms with Gasteiger partial charge in [0, 0.05) is 13.0 Å². The molecule has 8 heteroatoms. The Morgan fingerprint density at radius 1 is 1.60 bits per heavy atom. The summed E-state index contributed by atoms with van der Waals surface area (Å²) in [5.74, 6) is 4.00. The molecule has 0 saturated heterocycles. The zero-order valence-electron chi connectivity index (χ0n) is 7.83. The van der Waals surface area contributed by atoms with Crippen molar-refractivity contribution in [2.24, 2.45) is 11.6 Å². The highest BCUT2D eigenvalue weighted by molar-refractivity contribution is 5.74. The molecule has 1 rings (SSSR count). The van der Waals surface area contributed by atoms with E-state index in [0.29, 0.717) is 0 Å². The number of aromatic nitrogens is 2. The van der Waals surface area contributed by atoms with Gasteiger partial charge in [0.25, 0.3) is 0 Å². The predicted molar refractivity (Wildman–Crippen MR) is 52.1 cm³/mol. The van der Waals surface area contributed by atoms with E-state index >= 15 is 0 Å². The Morgan fingerprint density at radius 2 is 2.33 bits per heavy atom. The number of carbonyl (C=O) groups excluding carboxylic acids is 1. The smallest absolute Gasteiger partial charge is 0.239 e. The lowest BCUT2D eigenvalue weighted by Gasteiger charge is -2.06. The summed E-state index contributed by atoms with van der Waals surface area (Å²) in [6.07, 6.45) is 1.06. The topological polar surface area (TPSA) is 119 Å². The zero-order chi connectivity index (χ0) is 11.3. The summed E-state index contributed by atoms with van der Waals surface area (Å²) >= 11 is 0. The highest BCUT2D eigenvalue weighted by atomic mass is 19.1. The Kier molecular flexibility index (Phi) is 3.75. The Hall–Kier alpha value is -1.96. The van der Waals surface area contributed by atoms with Crippen LogP contribution in [0, 0.1) is 5.82 Å². The van der Waals surface area contributed by atoms with Crippen molar-refractivity contribution in [1.29, 1.82) is 0 Å². The van der Waals surface area contributed by atoms with Crippen molar-refractivity contribution in [3.8, 4) is 0 Å². The van der Waals surface area contributed by atoms with Crippen LogP contribution in [0.4, 0.5) is 16.2 Å². The van der Waals surface area contributed by atoms with Crippen LogP contribution in [0.5, 0.6) is 0 Å². The lowest BCUT2D eigenvalue weighted by Crippen LogP contribution is -2.18. The molecule has 1 heterocycles. The van der Waals surface area contributed by atoms with Gasteiger partial charge in [-0.2, -0.15) is 4.98 Å². The fraction of sp³-hybridized carbons (Fsp3) is 0.286. The minimum Gasteiger partial charge on any atom is -0.370 e. The van der Waals surface area contributed by atoms with Crippen LogP contribution in [0.2, 0.25) is 0 Å². The molecule has 0 aromatic carbocycles. The number of hydrogen-bond acceptors (Lipinski definition) is 6. The van der Waals surface area contributed by atoms with Crippen LogP contribution in [0.25, 0.3) is 0 Å². The van der Waals surface area contributed by atoms with Crippen molar-refractivity contribution in [2.45, 2.75) is 6.42 Å². The minimum atomic E-state index is -0.626. The SMILES string of the molecule is NNc1ncc(F)c(NCCC(N)=O)n1. The summed E-state index contributed by atoms with van der Waals surface area (Å²) in [5, 5.41) is 2.60. The fourth-order valence-electron chi connectivity index (χ4n) is 0.865. The van der Waals surface area contributed by atoms with Gasteiger partial charge in [0.15, 0.2) is 11.6 Å². The van der Waals surface area contributed by atoms with E-state index in [4.69, 9.17) is 11.6 Å². The van der Waals surface area contributed by atoms with Crippen LogP contribution in [-0.2, 0) is 4.79 Å². The van der Waals surface area contributed by atoms with E-state index in [1.54, 1.807) is 0 Å². The number of amides is 1. The molecule has 0 bridgehead atoms. The first kappa shape index (κ1) is 11.1. The van der Waals surface area contributed by atoms with Crippen LogP contribution in [0.3, 0.4) is 0 Å². The number of nitrogens with one attached hydrogen (secondary N) is 2. The standard InChI is InChI=1S/C7H11FN6O/c8-4-3-12-7(14-10)13-6(4)11-2-1-5(9)15/h3H,1-2,10H2,(H2,9,15)(H2,11,12,13,14). The van der Waals surface area contributed by atoms with Gasteiger partial charge in [-0.1, -0.05) is 0 Å². The maximum absolute atomic E-state index is 13.1. The lowest BCUT2D eigenvalue weighted by molar-refractivity contribution is -0.117. The Labute approximate surface area is 85.0 Å². The first-order valence-electron chi connectivity index (χ1n) is 4.15. The average molecular weight is 214 g/mol. The molecule has 1 aromatic heterocycles. The zero-order valence-corrected chi connectivity index (χ0v) is 7.83. The van der Waals surface area contributed by atoms with Crippen LogP contribution < -0.4 is 22.3 Å². The minimum absolute atomic E-state index is 0.0285. The molecule has 0 saturated carbocycles. The first-order valence-corrected chi connectivity index (χ1v) is 4.15. The van der Waals surface area contributed by atoms with Gasteiger partial charge >= 0.3 is 0 Å². The average Bonchev–Trinajstić information content (AvgIpc) is 2.20. The summed E-state index contributed by atoms with van der Waals surface area (Å²) in [4.78, 5) is 17.7. The molecule has 0 aliphatic heterocycles. The van der Waals surface area contributed by atoms with E-state index in [1.807, 2.05) is 0 Å². The molecule has 6 N–H and O–H groups in total. The first-order chi connectivity index (χ1) is 7.13. The number of nitrogens with two attached hydrogens (primary N) is 2. The van der Waals surface area contributed by atoms with E-state index in [1.165, 1.54) is 0 Å². The third-order valence-electron chi connectivity index (χ3n) is 1.54. The van der Waals surface area contributed by atoms with Gasteiger partial charge in [-0.05, 0) is 0 Å². The van der Waals surface area contributed by atoms with Crippen LogP contribution >= 0.6 is 0 Å². The summed E-state index contributed by atoms with van der Waals surface area (Å²) in [5.41, 5.74) is 7.09. The third kappa shape index (κ3) is 3.35. The van der Waals surface area contributed by atoms with Crippen molar-refractivity contribution in [2.75, 3.05) is 17.3 Å². The highest BCUT2D eigenvalue weighted by Crippen LogP contribution is 2.10. The third-order valence-corrected chi connectivity index (χ3v) is 1.54. The van der Waals surface area contributed by atoms with Crippen molar-refractivity contribution < 1.29 is 9.18 Å². The Balaban J connectivity index is 2.62. The molecule has 0 aliphatic carbocycles. The van der Waals surface area contributed by atoms with Gasteiger partial charge in [0.2, 0.25) is 11.9 Å². The van der Waals surface area contributed by atoms with Gasteiger partial charge < -0.3 is 11.1 Å². The van der Waals surface area contributed by atoms with E-state index < -0.39 is 11.7 Å². The van der Waals surface area contributed by atoms with E-state index in [-0.39, 0.29) is 24.7 Å². The second kappa shape index (κ2) is 5.05. The van der Waals surface area contributed by atoms with Crippen molar-refractivity contribution in [1.82, 2.24) is 9.97 Å². The van der Waals surface area contributed by atoms with E-state index in [0.717, 1.165) is 6.20 Å². The van der Waals surface area contributed by atoms with E-state index in [9.17, 15) is 9.18 Å². The van der Waals surface area contributed by atoms with Crippen molar-refractivity contribution in [3.63, 3.8) is 0 Å². The lowest BCUT2D eigenvalue weighted by atomic mass is 10.4. The number of anilines is 2. The Morgan fingerprint density at radius 3 is 2.93 bits per heavy atom. The molecule has 1 aromatic rings. The van der Waals surface area contributed by atoms with Gasteiger partial charge in [0.1, 0.15) is 0 Å². The van der Waals surface area contributed by atoms with Crippen molar-refractivity contribution in [3.05, 3.63) is 12.0 Å². The molecule has 7 nitrogen and oxygen atoms in total. The number of nitrogens with zero attached hydrogens (tertiary/aromatic N) is 2. The summed E-state index contributed by atoms with van der Waals surface area (Å²) in [6, 6.07) is 0. The molecule has 1 amide bonds. The number of rotatable bonds is 5. The molecule has 0 atom stereocenters. The number of hydrogen-bond donors (Lipinski definition) is 4. The predicted octanol–water partition coefficient (Wildman–Crippen LogP) is -0.811. The van der Waals surface area contributed by atoms with Gasteiger partial charge in [-0.3, -0.25) is 10.2 Å². The number of carbonyl (C=O) groups is 1. The molecule has 0 unspecified atom stereocenters. The second-order valence-corrected chi connectivity index (χ2v) is 2.68. The molecule has 15 heavy (non-hydrogen) atoms.